The standard InChI is InChI=1S/C25H31N7O7S.C9H15N3O3S.C9H9NO2S.C7H9N3O2/c1-15-13-26-23(27-14-15)22(39-6)16(2)40(34,35)32-25(29-21-18(36-3)10-8-11-19(21)37-4)31-30-24(33)17-9-7-12-20(28-17)38-5;1-6-4-11-9(12-5-6)8(15-3)7(2)16(10,13)14;1-11-7-4-3-5-8(12-2)9(7)13-6-10;1-12-6-4-2-3-5(9-6)7(11)10-8/h7-14,16,22H,1-6H3,(H,30,33)(H2,29,31,32);4-5,7-8H,1-3H3,(H2,10,13,14);3-5H,1-2H3;2-4H,8H2,1H3,(H,10,11)/t16-,22-;7-,8-;;/m00../s1. The van der Waals surface area contributed by atoms with E-state index in [0.29, 0.717) is 34.7 Å². The summed E-state index contributed by atoms with van der Waals surface area (Å²) in [6.07, 6.45) is 4.53. The number of hydrogen-bond donors (Lipinski definition) is 6. The van der Waals surface area contributed by atoms with Gasteiger partial charge in [0.1, 0.15) is 73.1 Å². The molecule has 81 heavy (non-hydrogen) atoms. The molecule has 2 aromatic carbocycles. The predicted octanol–water partition coefficient (Wildman–Crippen LogP) is 4.13. The fourth-order valence-electron chi connectivity index (χ4n) is 6.35. The first-order valence-corrected chi connectivity index (χ1v) is 27.4. The van der Waals surface area contributed by atoms with Crippen molar-refractivity contribution in [3.05, 3.63) is 132 Å². The Morgan fingerprint density at radius 2 is 1.01 bits per heavy atom. The number of thioether (sulfide) groups is 1. The number of amides is 2. The minimum atomic E-state index is -4.32. The van der Waals surface area contributed by atoms with Gasteiger partial charge in [-0.3, -0.25) is 25.9 Å². The molecule has 0 bridgehead atoms. The molecule has 4 heterocycles. The van der Waals surface area contributed by atoms with Crippen LogP contribution in [-0.4, -0.2) is 132 Å². The molecule has 31 heteroatoms. The molecule has 0 aliphatic heterocycles. The summed E-state index contributed by atoms with van der Waals surface area (Å²) >= 11 is 1.03. The number of ether oxygens (including phenoxy) is 8. The number of methoxy groups -OCH3 is 8. The molecule has 4 aromatic heterocycles. The van der Waals surface area contributed by atoms with Gasteiger partial charge in [0.05, 0.1) is 42.7 Å². The van der Waals surface area contributed by atoms with Crippen molar-refractivity contribution in [1.29, 1.82) is 5.26 Å². The second-order valence-corrected chi connectivity index (χ2v) is 20.7. The second kappa shape index (κ2) is 33.2. The minimum Gasteiger partial charge on any atom is -0.495 e. The molecule has 6 rings (SSSR count). The maximum atomic E-state index is 13.5. The Morgan fingerprint density at radius 3 is 1.40 bits per heavy atom. The summed E-state index contributed by atoms with van der Waals surface area (Å²) in [5.74, 6) is 6.48. The van der Waals surface area contributed by atoms with E-state index in [1.807, 2.05) is 23.8 Å². The predicted molar refractivity (Wildman–Crippen MR) is 299 cm³/mol. The van der Waals surface area contributed by atoms with Crippen LogP contribution in [0.5, 0.6) is 34.8 Å². The molecule has 2 amide bonds. The van der Waals surface area contributed by atoms with Crippen LogP contribution in [0, 0.1) is 24.5 Å². The van der Waals surface area contributed by atoms with Gasteiger partial charge in [0.25, 0.3) is 21.8 Å². The van der Waals surface area contributed by atoms with Gasteiger partial charge in [0.15, 0.2) is 11.6 Å². The van der Waals surface area contributed by atoms with E-state index in [4.69, 9.17) is 54.1 Å². The van der Waals surface area contributed by atoms with Crippen LogP contribution in [0.2, 0.25) is 0 Å². The molecule has 6 aromatic rings. The Labute approximate surface area is 473 Å². The number of hydrazine groups is 2. The number of para-hydroxylation sites is 1. The van der Waals surface area contributed by atoms with Gasteiger partial charge in [0, 0.05) is 51.1 Å². The first-order valence-electron chi connectivity index (χ1n) is 23.4. The number of sulfonamides is 2. The number of nitrogens with one attached hydrogen (secondary N) is 4. The van der Waals surface area contributed by atoms with Gasteiger partial charge in [-0.2, -0.15) is 5.26 Å². The highest BCUT2D eigenvalue weighted by molar-refractivity contribution is 8.04. The third-order valence-electron chi connectivity index (χ3n) is 10.6. The molecule has 0 fully saturated rings. The Bertz CT molecular complexity index is 3240. The summed E-state index contributed by atoms with van der Waals surface area (Å²) in [4.78, 5) is 48.8. The minimum absolute atomic E-state index is 0.00765. The van der Waals surface area contributed by atoms with Gasteiger partial charge in [0.2, 0.25) is 27.7 Å². The summed E-state index contributed by atoms with van der Waals surface area (Å²) in [5, 5.41) is 16.3. The average molecular weight is 1180 g/mol. The van der Waals surface area contributed by atoms with Crippen molar-refractivity contribution < 1.29 is 64.3 Å². The summed E-state index contributed by atoms with van der Waals surface area (Å²) in [6, 6.07) is 19.8. The monoisotopic (exact) mass is 1180 g/mol. The molecule has 4 atom stereocenters. The smallest absolute Gasteiger partial charge is 0.288 e. The molecule has 0 saturated heterocycles. The van der Waals surface area contributed by atoms with Crippen LogP contribution in [0.1, 0.15) is 69.8 Å². The van der Waals surface area contributed by atoms with Gasteiger partial charge in [-0.05, 0) is 87.0 Å². The maximum Gasteiger partial charge on any atom is 0.288 e. The SMILES string of the molecule is CO[C@H](c1ncc(C)cn1)[C@H](C)S(N)(=O)=O.COc1cccc(C(=O)NN)n1.COc1cccc(C(=O)NNC(=NS(=O)(=O)[C@@H](C)[C@H](OC)c2ncc(C)cn2)Nc2c(OC)cccc2OC)n1.COc1cccc(OC)c1SC#N. The lowest BCUT2D eigenvalue weighted by atomic mass is 10.2. The van der Waals surface area contributed by atoms with E-state index in [-0.39, 0.29) is 34.7 Å². The number of thiocyanates is 1. The molecule has 0 aliphatic rings. The van der Waals surface area contributed by atoms with E-state index in [1.165, 1.54) is 62.6 Å². The van der Waals surface area contributed by atoms with Crippen molar-refractivity contribution >= 4 is 55.3 Å². The van der Waals surface area contributed by atoms with Gasteiger partial charge < -0.3 is 43.2 Å². The van der Waals surface area contributed by atoms with E-state index < -0.39 is 54.6 Å². The number of benzene rings is 2. The number of hydrogen-bond acceptors (Lipinski definition) is 23. The van der Waals surface area contributed by atoms with Gasteiger partial charge in [-0.1, -0.05) is 24.3 Å². The quantitative estimate of drug-likeness (QED) is 0.0126. The molecular weight excluding hydrogens is 1120 g/mol. The normalized spacial score (nSPS) is 12.4. The van der Waals surface area contributed by atoms with Crippen molar-refractivity contribution in [1.82, 2.24) is 46.2 Å². The molecule has 28 nitrogen and oxygen atoms in total. The van der Waals surface area contributed by atoms with Crippen molar-refractivity contribution in [3.63, 3.8) is 0 Å². The first-order chi connectivity index (χ1) is 38.6. The number of guanidine groups is 1. The Balaban J connectivity index is 0.000000339. The van der Waals surface area contributed by atoms with Crippen LogP contribution < -0.4 is 61.0 Å². The van der Waals surface area contributed by atoms with Crippen molar-refractivity contribution in [2.24, 2.45) is 15.4 Å². The summed E-state index contributed by atoms with van der Waals surface area (Å²) in [6.45, 7) is 6.53. The highest BCUT2D eigenvalue weighted by Gasteiger charge is 2.34. The molecule has 436 valence electrons. The summed E-state index contributed by atoms with van der Waals surface area (Å²) < 4.78 is 94.6. The molecule has 0 radical (unpaired) electrons. The van der Waals surface area contributed by atoms with Crippen LogP contribution in [0.15, 0.2) is 107 Å². The number of aromatic nitrogens is 6. The topological polar surface area (TPSA) is 390 Å². The number of nitrogens with zero attached hydrogens (tertiary/aromatic N) is 8. The van der Waals surface area contributed by atoms with Crippen LogP contribution in [0.3, 0.4) is 0 Å². The molecule has 0 saturated carbocycles. The van der Waals surface area contributed by atoms with Crippen LogP contribution in [0.4, 0.5) is 5.69 Å². The lowest BCUT2D eigenvalue weighted by Gasteiger charge is -2.21. The lowest BCUT2D eigenvalue weighted by Crippen LogP contribution is -2.46. The second-order valence-electron chi connectivity index (χ2n) is 16.0. The number of rotatable bonds is 19. The summed E-state index contributed by atoms with van der Waals surface area (Å²) in [5.41, 5.74) is 9.06. The first kappa shape index (κ1) is 66.8. The van der Waals surface area contributed by atoms with E-state index in [9.17, 15) is 26.4 Å². The molecule has 0 unspecified atom stereocenters. The number of primary sulfonamides is 1. The largest absolute Gasteiger partial charge is 0.495 e. The number of nitrogen functional groups attached to an aromatic ring is 1. The average Bonchev–Trinajstić information content (AvgIpc) is 3.50. The van der Waals surface area contributed by atoms with Crippen molar-refractivity contribution in [2.45, 2.75) is 55.3 Å². The highest BCUT2D eigenvalue weighted by atomic mass is 32.2. The number of nitrogens with two attached hydrogens (primary N) is 2. The third-order valence-corrected chi connectivity index (χ3v) is 14.2. The third kappa shape index (κ3) is 20.3. The van der Waals surface area contributed by atoms with Crippen LogP contribution in [-0.2, 0) is 29.5 Å². The van der Waals surface area contributed by atoms with Crippen molar-refractivity contribution in [3.8, 4) is 40.2 Å². The number of nitriles is 1. The molecular formula is C50H64N14O14S3. The summed E-state index contributed by atoms with van der Waals surface area (Å²) in [7, 11) is 3.64. The van der Waals surface area contributed by atoms with Gasteiger partial charge >= 0.3 is 0 Å². The fraction of sp³-hybridized carbons (Fsp3) is 0.320. The Kier molecular flexibility index (Phi) is 27.3. The van der Waals surface area contributed by atoms with E-state index in [0.717, 1.165) is 27.8 Å². The lowest BCUT2D eigenvalue weighted by molar-refractivity contribution is 0.0933. The molecule has 0 spiro atoms. The number of carbonyl (C=O) groups excluding carboxylic acids is 2. The van der Waals surface area contributed by atoms with Gasteiger partial charge in [-0.25, -0.2) is 57.7 Å². The number of carbonyl (C=O) groups is 2. The zero-order valence-electron chi connectivity index (χ0n) is 46.2. The van der Waals surface area contributed by atoms with E-state index >= 15 is 0 Å². The van der Waals surface area contributed by atoms with Crippen LogP contribution >= 0.6 is 11.8 Å². The zero-order valence-corrected chi connectivity index (χ0v) is 48.7. The van der Waals surface area contributed by atoms with E-state index in [1.54, 1.807) is 107 Å². The number of pyridine rings is 2. The van der Waals surface area contributed by atoms with E-state index in [2.05, 4.69) is 50.5 Å². The molecule has 8 N–H and O–H groups in total. The Hall–Kier alpha value is -8.51. The van der Waals surface area contributed by atoms with Gasteiger partial charge in [-0.15, -0.1) is 4.40 Å². The van der Waals surface area contributed by atoms with Crippen LogP contribution in [0.25, 0.3) is 0 Å². The fourth-order valence-corrected chi connectivity index (χ4v) is 8.58. The number of anilines is 1. The zero-order chi connectivity index (χ0) is 60.3. The molecule has 0 aliphatic carbocycles. The highest BCUT2D eigenvalue weighted by Crippen LogP contribution is 2.37. The number of aryl methyl sites for hydroxylation is 2. The maximum absolute atomic E-state index is 13.5. The van der Waals surface area contributed by atoms with Crippen molar-refractivity contribution in [2.75, 3.05) is 62.2 Å². The Morgan fingerprint density at radius 1 is 0.605 bits per heavy atom.